The van der Waals surface area contributed by atoms with Crippen molar-refractivity contribution in [3.05, 3.63) is 54.0 Å². The first-order valence-electron chi connectivity index (χ1n) is 10.2. The fourth-order valence-corrected chi connectivity index (χ4v) is 5.28. The molecule has 168 valence electrons. The highest BCUT2D eigenvalue weighted by atomic mass is 32.2. The lowest BCUT2D eigenvalue weighted by atomic mass is 9.98. The fourth-order valence-electron chi connectivity index (χ4n) is 3.72. The minimum atomic E-state index is -3.78. The van der Waals surface area contributed by atoms with Crippen LogP contribution < -0.4 is 5.32 Å². The summed E-state index contributed by atoms with van der Waals surface area (Å²) in [6.07, 6.45) is 3.64. The van der Waals surface area contributed by atoms with Crippen LogP contribution in [-0.4, -0.2) is 56.5 Å². The van der Waals surface area contributed by atoms with Gasteiger partial charge in [0.15, 0.2) is 5.65 Å². The summed E-state index contributed by atoms with van der Waals surface area (Å²) in [4.78, 5) is 22.2. The van der Waals surface area contributed by atoms with E-state index in [1.54, 1.807) is 30.3 Å². The Hall–Kier alpha value is -3.05. The van der Waals surface area contributed by atoms with Gasteiger partial charge in [-0.3, -0.25) is 0 Å². The van der Waals surface area contributed by atoms with E-state index >= 15 is 0 Å². The molecule has 1 saturated heterocycles. The quantitative estimate of drug-likeness (QED) is 0.543. The SMILES string of the molecule is Cc1ccc(S(=O)(=O)n2ccc3nc(CNC(=S)C4CCCN(C(=O)O)C4)cnc32)cc1. The molecule has 0 spiro atoms. The molecule has 1 amide bonds. The van der Waals surface area contributed by atoms with E-state index in [2.05, 4.69) is 15.3 Å². The Morgan fingerprint density at radius 2 is 2.03 bits per heavy atom. The number of nitrogens with zero attached hydrogens (tertiary/aromatic N) is 4. The Kier molecular flexibility index (Phi) is 6.11. The van der Waals surface area contributed by atoms with Crippen LogP contribution in [0.5, 0.6) is 0 Å². The molecule has 1 aromatic carbocycles. The lowest BCUT2D eigenvalue weighted by Gasteiger charge is -2.31. The summed E-state index contributed by atoms with van der Waals surface area (Å²) in [6.45, 7) is 3.12. The normalized spacial score (nSPS) is 16.8. The van der Waals surface area contributed by atoms with Gasteiger partial charge in [0, 0.05) is 25.2 Å². The highest BCUT2D eigenvalue weighted by Crippen LogP contribution is 2.21. The van der Waals surface area contributed by atoms with Gasteiger partial charge in [-0.05, 0) is 38.0 Å². The minimum absolute atomic E-state index is 0.0349. The molecule has 3 heterocycles. The number of fused-ring (bicyclic) bond motifs is 1. The van der Waals surface area contributed by atoms with E-state index in [-0.39, 0.29) is 16.5 Å². The lowest BCUT2D eigenvalue weighted by Crippen LogP contribution is -2.44. The van der Waals surface area contributed by atoms with Crippen molar-refractivity contribution < 1.29 is 18.3 Å². The number of amides is 1. The topological polar surface area (TPSA) is 117 Å². The van der Waals surface area contributed by atoms with Gasteiger partial charge in [-0.2, -0.15) is 0 Å². The van der Waals surface area contributed by atoms with Crippen LogP contribution in [0.3, 0.4) is 0 Å². The van der Waals surface area contributed by atoms with Crippen molar-refractivity contribution in [2.24, 2.45) is 5.92 Å². The van der Waals surface area contributed by atoms with Crippen LogP contribution in [0.15, 0.2) is 47.6 Å². The fraction of sp³-hybridized carbons (Fsp3) is 0.333. The Morgan fingerprint density at radius 3 is 2.75 bits per heavy atom. The van der Waals surface area contributed by atoms with Gasteiger partial charge in [0.1, 0.15) is 5.52 Å². The van der Waals surface area contributed by atoms with Crippen molar-refractivity contribution in [3.63, 3.8) is 0 Å². The van der Waals surface area contributed by atoms with Crippen LogP contribution in [-0.2, 0) is 16.6 Å². The first-order valence-corrected chi connectivity index (χ1v) is 12.0. The van der Waals surface area contributed by atoms with Crippen molar-refractivity contribution in [1.29, 1.82) is 0 Å². The number of likely N-dealkylation sites (tertiary alicyclic amines) is 1. The number of thiocarbonyl (C=S) groups is 1. The number of rotatable bonds is 5. The van der Waals surface area contributed by atoms with Gasteiger partial charge in [-0.25, -0.2) is 27.2 Å². The van der Waals surface area contributed by atoms with Crippen molar-refractivity contribution in [1.82, 2.24) is 24.2 Å². The van der Waals surface area contributed by atoms with Crippen molar-refractivity contribution in [2.45, 2.75) is 31.2 Å². The van der Waals surface area contributed by atoms with Crippen LogP contribution in [0.1, 0.15) is 24.1 Å². The molecule has 11 heteroatoms. The average Bonchev–Trinajstić information content (AvgIpc) is 3.22. The van der Waals surface area contributed by atoms with Gasteiger partial charge >= 0.3 is 6.09 Å². The zero-order valence-electron chi connectivity index (χ0n) is 17.4. The largest absolute Gasteiger partial charge is 0.465 e. The highest BCUT2D eigenvalue weighted by molar-refractivity contribution is 7.90. The molecule has 0 bridgehead atoms. The third-order valence-corrected chi connectivity index (χ3v) is 7.65. The number of benzene rings is 1. The Labute approximate surface area is 191 Å². The summed E-state index contributed by atoms with van der Waals surface area (Å²) in [5, 5.41) is 12.3. The van der Waals surface area contributed by atoms with Gasteiger partial charge in [0.2, 0.25) is 0 Å². The van der Waals surface area contributed by atoms with Crippen molar-refractivity contribution in [3.8, 4) is 0 Å². The molecule has 1 fully saturated rings. The minimum Gasteiger partial charge on any atom is -0.465 e. The molecular formula is C21H23N5O4S2. The van der Waals surface area contributed by atoms with E-state index in [1.165, 1.54) is 17.3 Å². The molecule has 0 saturated carbocycles. The van der Waals surface area contributed by atoms with E-state index in [9.17, 15) is 18.3 Å². The van der Waals surface area contributed by atoms with Crippen molar-refractivity contribution >= 4 is 44.5 Å². The summed E-state index contributed by atoms with van der Waals surface area (Å²) in [6, 6.07) is 8.25. The summed E-state index contributed by atoms with van der Waals surface area (Å²) in [5.74, 6) is -0.0349. The highest BCUT2D eigenvalue weighted by Gasteiger charge is 2.26. The third kappa shape index (κ3) is 4.44. The summed E-state index contributed by atoms with van der Waals surface area (Å²) >= 11 is 5.46. The van der Waals surface area contributed by atoms with Gasteiger partial charge in [0.25, 0.3) is 10.0 Å². The van der Waals surface area contributed by atoms with Crippen LogP contribution in [0.4, 0.5) is 4.79 Å². The van der Waals surface area contributed by atoms with Gasteiger partial charge < -0.3 is 15.3 Å². The zero-order valence-corrected chi connectivity index (χ0v) is 19.1. The van der Waals surface area contributed by atoms with E-state index in [1.807, 2.05) is 6.92 Å². The molecule has 1 aliphatic heterocycles. The van der Waals surface area contributed by atoms with E-state index in [4.69, 9.17) is 12.2 Å². The Bertz CT molecular complexity index is 1270. The first kappa shape index (κ1) is 22.2. The maximum Gasteiger partial charge on any atom is 0.407 e. The molecule has 4 rings (SSSR count). The second-order valence-corrected chi connectivity index (χ2v) is 10.0. The van der Waals surface area contributed by atoms with Gasteiger partial charge in [-0.15, -0.1) is 0 Å². The Morgan fingerprint density at radius 1 is 1.28 bits per heavy atom. The summed E-state index contributed by atoms with van der Waals surface area (Å²) < 4.78 is 27.1. The molecule has 1 aliphatic rings. The first-order chi connectivity index (χ1) is 15.3. The lowest BCUT2D eigenvalue weighted by molar-refractivity contribution is 0.129. The van der Waals surface area contributed by atoms with Crippen molar-refractivity contribution in [2.75, 3.05) is 13.1 Å². The molecule has 32 heavy (non-hydrogen) atoms. The molecule has 9 nitrogen and oxygen atoms in total. The standard InChI is InChI=1S/C21H23N5O4S2/c1-14-4-6-17(7-5-14)32(29,30)26-10-8-18-19(26)22-11-16(24-18)12-23-20(31)15-3-2-9-25(13-15)21(27)28/h4-8,10-11,15H,2-3,9,12-13H2,1H3,(H,23,31)(H,27,28). The number of nitrogens with one attached hydrogen (secondary N) is 1. The van der Waals surface area contributed by atoms with Crippen LogP contribution >= 0.6 is 12.2 Å². The number of piperidine rings is 1. The smallest absolute Gasteiger partial charge is 0.407 e. The van der Waals surface area contributed by atoms with E-state index in [0.29, 0.717) is 35.8 Å². The molecular weight excluding hydrogens is 450 g/mol. The average molecular weight is 474 g/mol. The predicted octanol–water partition coefficient (Wildman–Crippen LogP) is 2.78. The molecule has 1 unspecified atom stereocenters. The monoisotopic (exact) mass is 473 g/mol. The number of carboxylic acid groups (broad SMARTS) is 1. The molecule has 2 N–H and O–H groups in total. The third-order valence-electron chi connectivity index (χ3n) is 5.49. The number of aromatic nitrogens is 3. The molecule has 2 aromatic heterocycles. The Balaban J connectivity index is 1.48. The second-order valence-electron chi connectivity index (χ2n) is 7.79. The number of hydrogen-bond donors (Lipinski definition) is 2. The summed E-state index contributed by atoms with van der Waals surface area (Å²) in [7, 11) is -3.78. The maximum absolute atomic E-state index is 13.0. The van der Waals surface area contributed by atoms with Gasteiger partial charge in [-0.1, -0.05) is 29.9 Å². The molecule has 0 aliphatic carbocycles. The zero-order chi connectivity index (χ0) is 22.9. The number of aryl methyl sites for hydroxylation is 1. The summed E-state index contributed by atoms with van der Waals surface area (Å²) in [5.41, 5.74) is 2.29. The van der Waals surface area contributed by atoms with Crippen LogP contribution in [0.25, 0.3) is 11.2 Å². The van der Waals surface area contributed by atoms with Crippen LogP contribution in [0.2, 0.25) is 0 Å². The van der Waals surface area contributed by atoms with Gasteiger partial charge in [0.05, 0.1) is 28.3 Å². The maximum atomic E-state index is 13.0. The number of carbonyl (C=O) groups is 1. The van der Waals surface area contributed by atoms with E-state index in [0.717, 1.165) is 22.4 Å². The second kappa shape index (κ2) is 8.83. The number of hydrogen-bond acceptors (Lipinski definition) is 6. The van der Waals surface area contributed by atoms with Crippen LogP contribution in [0, 0.1) is 12.8 Å². The molecule has 3 aromatic rings. The molecule has 1 atom stereocenters. The predicted molar refractivity (Wildman–Crippen MR) is 123 cm³/mol. The van der Waals surface area contributed by atoms with E-state index < -0.39 is 16.1 Å². The molecule has 0 radical (unpaired) electrons.